The second-order valence-electron chi connectivity index (χ2n) is 5.47. The van der Waals surface area contributed by atoms with Crippen LogP contribution in [0.4, 0.5) is 0 Å². The summed E-state index contributed by atoms with van der Waals surface area (Å²) in [5.74, 6) is 1.35. The highest BCUT2D eigenvalue weighted by molar-refractivity contribution is 7.99. The van der Waals surface area contributed by atoms with Crippen LogP contribution in [-0.4, -0.2) is 79.4 Å². The van der Waals surface area contributed by atoms with E-state index >= 15 is 0 Å². The predicted octanol–water partition coefficient (Wildman–Crippen LogP) is 2.35. The summed E-state index contributed by atoms with van der Waals surface area (Å²) >= 11 is 7.31. The van der Waals surface area contributed by atoms with Crippen molar-refractivity contribution in [2.45, 2.75) is 5.16 Å². The number of carbonyl (C=O) groups is 1. The van der Waals surface area contributed by atoms with E-state index in [4.69, 9.17) is 25.8 Å². The van der Waals surface area contributed by atoms with Crippen LogP contribution in [0.15, 0.2) is 23.4 Å². The number of ether oxygens (including phenoxy) is 3. The van der Waals surface area contributed by atoms with Crippen molar-refractivity contribution >= 4 is 29.3 Å². The zero-order valence-electron chi connectivity index (χ0n) is 15.5. The first-order valence-corrected chi connectivity index (χ1v) is 9.60. The lowest BCUT2D eigenvalue weighted by Crippen LogP contribution is -2.37. The van der Waals surface area contributed by atoms with Crippen molar-refractivity contribution < 1.29 is 19.0 Å². The lowest BCUT2D eigenvalue weighted by molar-refractivity contribution is -0.129. The van der Waals surface area contributed by atoms with Crippen molar-refractivity contribution in [2.24, 2.45) is 0 Å². The molecule has 0 aliphatic carbocycles. The molecule has 0 aliphatic heterocycles. The van der Waals surface area contributed by atoms with Crippen molar-refractivity contribution in [2.75, 3.05) is 53.4 Å². The van der Waals surface area contributed by atoms with E-state index in [-0.39, 0.29) is 11.7 Å². The number of aromatic nitrogens is 3. The average Bonchev–Trinajstić information content (AvgIpc) is 3.15. The minimum Gasteiger partial charge on any atom is -0.496 e. The van der Waals surface area contributed by atoms with Crippen molar-refractivity contribution in [3.05, 3.63) is 23.2 Å². The summed E-state index contributed by atoms with van der Waals surface area (Å²) in [6.45, 7) is 1.97. The summed E-state index contributed by atoms with van der Waals surface area (Å²) in [6, 6.07) is 5.25. The zero-order chi connectivity index (χ0) is 19.6. The number of halogens is 1. The largest absolute Gasteiger partial charge is 0.496 e. The van der Waals surface area contributed by atoms with E-state index in [1.54, 1.807) is 44.4 Å². The highest BCUT2D eigenvalue weighted by Crippen LogP contribution is 2.31. The molecule has 8 nitrogen and oxygen atoms in total. The molecule has 0 bridgehead atoms. The van der Waals surface area contributed by atoms with Crippen LogP contribution in [0.25, 0.3) is 11.4 Å². The van der Waals surface area contributed by atoms with Crippen molar-refractivity contribution in [1.82, 2.24) is 20.1 Å². The molecule has 1 amide bonds. The topological polar surface area (TPSA) is 89.6 Å². The maximum atomic E-state index is 12.4. The van der Waals surface area contributed by atoms with E-state index in [0.717, 1.165) is 0 Å². The number of benzene rings is 1. The Morgan fingerprint density at radius 1 is 1.22 bits per heavy atom. The predicted molar refractivity (Wildman–Crippen MR) is 104 cm³/mol. The second-order valence-corrected chi connectivity index (χ2v) is 6.85. The average molecular weight is 415 g/mol. The molecule has 1 aromatic carbocycles. The molecule has 2 rings (SSSR count). The Bertz CT molecular complexity index is 735. The molecule has 10 heteroatoms. The molecule has 0 aliphatic rings. The van der Waals surface area contributed by atoms with Crippen LogP contribution in [0, 0.1) is 0 Å². The van der Waals surface area contributed by atoms with Gasteiger partial charge < -0.3 is 19.1 Å². The van der Waals surface area contributed by atoms with E-state index in [9.17, 15) is 4.79 Å². The Morgan fingerprint density at radius 2 is 1.93 bits per heavy atom. The number of nitrogens with one attached hydrogen (secondary N) is 1. The molecule has 148 valence electrons. The number of amides is 1. The molecule has 27 heavy (non-hydrogen) atoms. The van der Waals surface area contributed by atoms with Gasteiger partial charge in [0, 0.05) is 32.3 Å². The summed E-state index contributed by atoms with van der Waals surface area (Å²) in [5, 5.41) is 8.06. The fraction of sp³-hybridized carbons (Fsp3) is 0.471. The molecule has 0 saturated carbocycles. The Balaban J connectivity index is 2.00. The second kappa shape index (κ2) is 11.1. The number of methoxy groups -OCH3 is 3. The van der Waals surface area contributed by atoms with Gasteiger partial charge in [-0.2, -0.15) is 0 Å². The van der Waals surface area contributed by atoms with Gasteiger partial charge in [-0.15, -0.1) is 5.10 Å². The third-order valence-corrected chi connectivity index (χ3v) is 4.76. The van der Waals surface area contributed by atoms with E-state index in [2.05, 4.69) is 15.2 Å². The summed E-state index contributed by atoms with van der Waals surface area (Å²) < 4.78 is 15.4. The molecule has 2 aromatic rings. The summed E-state index contributed by atoms with van der Waals surface area (Å²) in [5.41, 5.74) is 0.706. The molecule has 1 N–H and O–H groups in total. The lowest BCUT2D eigenvalue weighted by atomic mass is 10.2. The molecular weight excluding hydrogens is 392 g/mol. The number of hydrogen-bond acceptors (Lipinski definition) is 7. The molecule has 0 fully saturated rings. The zero-order valence-corrected chi connectivity index (χ0v) is 17.1. The van der Waals surface area contributed by atoms with Crippen LogP contribution in [0.2, 0.25) is 5.02 Å². The molecule has 0 saturated heterocycles. The number of aromatic amines is 1. The summed E-state index contributed by atoms with van der Waals surface area (Å²) in [4.78, 5) is 18.6. The summed E-state index contributed by atoms with van der Waals surface area (Å²) in [6.07, 6.45) is 0. The van der Waals surface area contributed by atoms with Crippen LogP contribution >= 0.6 is 23.4 Å². The van der Waals surface area contributed by atoms with Gasteiger partial charge in [-0.1, -0.05) is 23.4 Å². The van der Waals surface area contributed by atoms with Crippen molar-refractivity contribution in [3.8, 4) is 17.1 Å². The van der Waals surface area contributed by atoms with Gasteiger partial charge in [-0.3, -0.25) is 9.89 Å². The molecule has 1 heterocycles. The van der Waals surface area contributed by atoms with E-state index in [0.29, 0.717) is 53.6 Å². The van der Waals surface area contributed by atoms with Crippen LogP contribution in [0.5, 0.6) is 5.75 Å². The van der Waals surface area contributed by atoms with Crippen LogP contribution in [0.1, 0.15) is 0 Å². The smallest absolute Gasteiger partial charge is 0.233 e. The standard InChI is InChI=1S/C17H23ClN4O4S/c1-24-8-6-22(7-9-25-2)15(23)11-27-17-19-16(20-21-17)13-10-12(18)4-5-14(13)26-3/h4-5,10H,6-9,11H2,1-3H3,(H,19,20,21). The van der Waals surface area contributed by atoms with E-state index in [1.807, 2.05) is 0 Å². The fourth-order valence-corrected chi connectivity index (χ4v) is 3.15. The van der Waals surface area contributed by atoms with Gasteiger partial charge in [0.05, 0.1) is 31.6 Å². The molecular formula is C17H23ClN4O4S. The third kappa shape index (κ3) is 6.39. The SMILES string of the molecule is COCCN(CCOC)C(=O)CSc1n[nH]c(-c2cc(Cl)ccc2OC)n1. The number of H-pyrrole nitrogens is 1. The molecule has 1 aromatic heterocycles. The van der Waals surface area contributed by atoms with Gasteiger partial charge in [0.1, 0.15) is 5.75 Å². The van der Waals surface area contributed by atoms with Gasteiger partial charge in [0.2, 0.25) is 11.1 Å². The maximum Gasteiger partial charge on any atom is 0.233 e. The fourth-order valence-electron chi connectivity index (χ4n) is 2.28. The Morgan fingerprint density at radius 3 is 2.56 bits per heavy atom. The van der Waals surface area contributed by atoms with Gasteiger partial charge in [0.15, 0.2) is 5.82 Å². The van der Waals surface area contributed by atoms with Crippen molar-refractivity contribution in [1.29, 1.82) is 0 Å². The van der Waals surface area contributed by atoms with Gasteiger partial charge >= 0.3 is 0 Å². The Labute approximate surface area is 167 Å². The van der Waals surface area contributed by atoms with Crippen LogP contribution in [0.3, 0.4) is 0 Å². The number of carbonyl (C=O) groups excluding carboxylic acids is 1. The number of rotatable bonds is 11. The molecule has 0 spiro atoms. The number of hydrogen-bond donors (Lipinski definition) is 1. The van der Waals surface area contributed by atoms with Crippen LogP contribution in [-0.2, 0) is 14.3 Å². The minimum absolute atomic E-state index is 0.0270. The van der Waals surface area contributed by atoms with Gasteiger partial charge in [-0.25, -0.2) is 4.98 Å². The normalized spacial score (nSPS) is 10.8. The van der Waals surface area contributed by atoms with Gasteiger partial charge in [-0.05, 0) is 18.2 Å². The monoisotopic (exact) mass is 414 g/mol. The maximum absolute atomic E-state index is 12.4. The highest BCUT2D eigenvalue weighted by Gasteiger charge is 2.16. The first kappa shape index (κ1) is 21.5. The number of nitrogens with zero attached hydrogens (tertiary/aromatic N) is 3. The van der Waals surface area contributed by atoms with E-state index in [1.165, 1.54) is 11.8 Å². The highest BCUT2D eigenvalue weighted by atomic mass is 35.5. The Kier molecular flexibility index (Phi) is 8.86. The van der Waals surface area contributed by atoms with Gasteiger partial charge in [0.25, 0.3) is 0 Å². The van der Waals surface area contributed by atoms with Crippen molar-refractivity contribution in [3.63, 3.8) is 0 Å². The first-order valence-electron chi connectivity index (χ1n) is 8.23. The first-order chi connectivity index (χ1) is 13.1. The molecule has 0 atom stereocenters. The van der Waals surface area contributed by atoms with E-state index < -0.39 is 0 Å². The third-order valence-electron chi connectivity index (χ3n) is 3.69. The molecule has 0 unspecified atom stereocenters. The Hall–Kier alpha value is -1.81. The lowest BCUT2D eigenvalue weighted by Gasteiger charge is -2.21. The minimum atomic E-state index is -0.0270. The quantitative estimate of drug-likeness (QED) is 0.564. The van der Waals surface area contributed by atoms with Crippen LogP contribution < -0.4 is 4.74 Å². The summed E-state index contributed by atoms with van der Waals surface area (Å²) in [7, 11) is 4.78. The molecule has 0 radical (unpaired) electrons. The number of thioether (sulfide) groups is 1.